The molecule has 3 heteroatoms. The summed E-state index contributed by atoms with van der Waals surface area (Å²) in [6.07, 6.45) is 6.31. The molecule has 1 aromatic carbocycles. The summed E-state index contributed by atoms with van der Waals surface area (Å²) in [5.74, 6) is 1.11. The molecule has 1 fully saturated rings. The Morgan fingerprint density at radius 2 is 1.67 bits per heavy atom. The van der Waals surface area contributed by atoms with Gasteiger partial charge < -0.3 is 14.2 Å². The minimum absolute atomic E-state index is 1.03. The van der Waals surface area contributed by atoms with Crippen LogP contribution < -0.4 is 9.80 Å². The zero-order valence-electron chi connectivity index (χ0n) is 12.4. The highest BCUT2D eigenvalue weighted by molar-refractivity contribution is 5.48. The lowest BCUT2D eigenvalue weighted by molar-refractivity contribution is -1.02. The predicted octanol–water partition coefficient (Wildman–Crippen LogP) is 0.276. The van der Waals surface area contributed by atoms with Crippen LogP contribution in [0.3, 0.4) is 0 Å². The van der Waals surface area contributed by atoms with Crippen LogP contribution in [0.25, 0.3) is 6.08 Å². The van der Waals surface area contributed by atoms with E-state index in [1.54, 1.807) is 16.1 Å². The van der Waals surface area contributed by atoms with Gasteiger partial charge in [-0.25, -0.2) is 0 Å². The summed E-state index contributed by atoms with van der Waals surface area (Å²) >= 11 is 0. The third-order valence-corrected chi connectivity index (χ3v) is 4.18. The number of hydrogen-bond acceptors (Lipinski definition) is 1. The Labute approximate surface area is 126 Å². The topological polar surface area (TPSA) is 22.0 Å². The first-order valence-electron chi connectivity index (χ1n) is 7.81. The molecule has 2 heterocycles. The van der Waals surface area contributed by atoms with E-state index in [0.717, 1.165) is 18.8 Å². The molecular weight excluding hydrogens is 260 g/mol. The van der Waals surface area contributed by atoms with Gasteiger partial charge in [0.1, 0.15) is 32.7 Å². The number of piperazine rings is 1. The molecule has 0 spiro atoms. The second-order valence-corrected chi connectivity index (χ2v) is 5.77. The lowest BCUT2D eigenvalue weighted by Gasteiger charge is -2.28. The quantitative estimate of drug-likeness (QED) is 0.809. The van der Waals surface area contributed by atoms with Crippen molar-refractivity contribution in [1.82, 2.24) is 0 Å². The number of benzene rings is 1. The summed E-state index contributed by atoms with van der Waals surface area (Å²) in [5.41, 5.74) is 1.29. The monoisotopic (exact) mass is 284 g/mol. The predicted molar refractivity (Wildman–Crippen MR) is 84.1 cm³/mol. The van der Waals surface area contributed by atoms with Crippen LogP contribution in [0, 0.1) is 0 Å². The van der Waals surface area contributed by atoms with Crippen LogP contribution in [0.2, 0.25) is 0 Å². The first kappa shape index (κ1) is 14.1. The average molecular weight is 284 g/mol. The van der Waals surface area contributed by atoms with Crippen LogP contribution in [0.1, 0.15) is 11.3 Å². The van der Waals surface area contributed by atoms with Gasteiger partial charge in [0.05, 0.1) is 12.8 Å². The van der Waals surface area contributed by atoms with Gasteiger partial charge in [0, 0.05) is 0 Å². The van der Waals surface area contributed by atoms with E-state index >= 15 is 0 Å². The van der Waals surface area contributed by atoms with Crippen LogP contribution in [0.15, 0.2) is 59.2 Å². The van der Waals surface area contributed by atoms with E-state index in [9.17, 15) is 0 Å². The van der Waals surface area contributed by atoms with Gasteiger partial charge in [0.2, 0.25) is 0 Å². The van der Waals surface area contributed by atoms with E-state index < -0.39 is 0 Å². The Kier molecular flexibility index (Phi) is 4.87. The Morgan fingerprint density at radius 1 is 0.905 bits per heavy atom. The fraction of sp³-hybridized carbons (Fsp3) is 0.333. The number of hydrogen-bond donors (Lipinski definition) is 2. The molecule has 110 valence electrons. The van der Waals surface area contributed by atoms with E-state index in [0.29, 0.717) is 0 Å². The fourth-order valence-electron chi connectivity index (χ4n) is 2.92. The van der Waals surface area contributed by atoms with Gasteiger partial charge in [0.15, 0.2) is 5.76 Å². The Morgan fingerprint density at radius 3 is 2.38 bits per heavy atom. The minimum Gasteiger partial charge on any atom is -0.463 e. The SMILES string of the molecule is C(=C\c1ccccc1)/C[NH+]1CC[NH+](Cc2ccco2)CC1. The fourth-order valence-corrected chi connectivity index (χ4v) is 2.92. The summed E-state index contributed by atoms with van der Waals surface area (Å²) < 4.78 is 5.44. The van der Waals surface area contributed by atoms with Crippen molar-refractivity contribution in [2.24, 2.45) is 0 Å². The van der Waals surface area contributed by atoms with Crippen molar-refractivity contribution in [3.63, 3.8) is 0 Å². The molecule has 21 heavy (non-hydrogen) atoms. The maximum atomic E-state index is 5.44. The smallest absolute Gasteiger partial charge is 0.157 e. The Bertz CT molecular complexity index is 540. The molecule has 3 nitrogen and oxygen atoms in total. The molecule has 0 radical (unpaired) electrons. The number of quaternary nitrogens is 2. The highest BCUT2D eigenvalue weighted by atomic mass is 16.3. The largest absolute Gasteiger partial charge is 0.463 e. The summed E-state index contributed by atoms with van der Waals surface area (Å²) in [5, 5.41) is 0. The lowest BCUT2D eigenvalue weighted by atomic mass is 10.2. The van der Waals surface area contributed by atoms with Crippen molar-refractivity contribution in [3.05, 3.63) is 66.1 Å². The van der Waals surface area contributed by atoms with Gasteiger partial charge in [-0.2, -0.15) is 0 Å². The Hall–Kier alpha value is -1.84. The first-order chi connectivity index (χ1) is 10.4. The molecule has 1 aromatic heterocycles. The summed E-state index contributed by atoms with van der Waals surface area (Å²) in [7, 11) is 0. The van der Waals surface area contributed by atoms with Gasteiger partial charge in [-0.3, -0.25) is 0 Å². The second-order valence-electron chi connectivity index (χ2n) is 5.77. The third kappa shape index (κ3) is 4.31. The van der Waals surface area contributed by atoms with E-state index in [1.807, 2.05) is 6.07 Å². The molecule has 0 bridgehead atoms. The van der Waals surface area contributed by atoms with Crippen molar-refractivity contribution in [1.29, 1.82) is 0 Å². The van der Waals surface area contributed by atoms with Gasteiger partial charge in [-0.15, -0.1) is 0 Å². The molecule has 1 aliphatic rings. The molecule has 2 N–H and O–H groups in total. The van der Waals surface area contributed by atoms with E-state index in [2.05, 4.69) is 48.6 Å². The summed E-state index contributed by atoms with van der Waals surface area (Å²) in [6, 6.07) is 14.6. The van der Waals surface area contributed by atoms with Gasteiger partial charge in [-0.05, 0) is 23.8 Å². The van der Waals surface area contributed by atoms with E-state index in [1.165, 1.54) is 31.7 Å². The van der Waals surface area contributed by atoms with Crippen molar-refractivity contribution >= 4 is 6.08 Å². The number of nitrogens with one attached hydrogen (secondary N) is 2. The van der Waals surface area contributed by atoms with E-state index in [-0.39, 0.29) is 0 Å². The van der Waals surface area contributed by atoms with E-state index in [4.69, 9.17) is 4.42 Å². The highest BCUT2D eigenvalue weighted by Gasteiger charge is 2.22. The second kappa shape index (κ2) is 7.25. The molecule has 3 rings (SSSR count). The molecule has 0 unspecified atom stereocenters. The Balaban J connectivity index is 1.40. The van der Waals surface area contributed by atoms with Crippen LogP contribution in [0.5, 0.6) is 0 Å². The lowest BCUT2D eigenvalue weighted by Crippen LogP contribution is -3.27. The minimum atomic E-state index is 1.03. The zero-order valence-corrected chi connectivity index (χ0v) is 12.4. The van der Waals surface area contributed by atoms with Crippen molar-refractivity contribution in [2.75, 3.05) is 32.7 Å². The molecule has 1 aliphatic heterocycles. The molecule has 2 aromatic rings. The zero-order chi connectivity index (χ0) is 14.3. The highest BCUT2D eigenvalue weighted by Crippen LogP contribution is 1.99. The van der Waals surface area contributed by atoms with Crippen molar-refractivity contribution < 1.29 is 14.2 Å². The third-order valence-electron chi connectivity index (χ3n) is 4.18. The van der Waals surface area contributed by atoms with Crippen LogP contribution in [-0.4, -0.2) is 32.7 Å². The average Bonchev–Trinajstić information content (AvgIpc) is 3.03. The molecule has 0 atom stereocenters. The number of furan rings is 1. The maximum absolute atomic E-state index is 5.44. The first-order valence-corrected chi connectivity index (χ1v) is 7.81. The van der Waals surface area contributed by atoms with Crippen LogP contribution in [0.4, 0.5) is 0 Å². The molecule has 1 saturated heterocycles. The van der Waals surface area contributed by atoms with Crippen LogP contribution in [-0.2, 0) is 6.54 Å². The van der Waals surface area contributed by atoms with Gasteiger partial charge >= 0.3 is 0 Å². The standard InChI is InChI=1S/C18H22N2O/c1-2-6-17(7-3-1)8-4-10-19-11-13-20(14-12-19)16-18-9-5-15-21-18/h1-9,15H,10-14,16H2/p+2/b8-4+. The summed E-state index contributed by atoms with van der Waals surface area (Å²) in [4.78, 5) is 3.33. The van der Waals surface area contributed by atoms with Crippen molar-refractivity contribution in [3.8, 4) is 0 Å². The van der Waals surface area contributed by atoms with Gasteiger partial charge in [0.25, 0.3) is 0 Å². The van der Waals surface area contributed by atoms with Crippen molar-refractivity contribution in [2.45, 2.75) is 6.54 Å². The summed E-state index contributed by atoms with van der Waals surface area (Å²) in [6.45, 7) is 7.11. The normalized spacial score (nSPS) is 22.7. The molecule has 0 saturated carbocycles. The molecule has 0 amide bonds. The molecular formula is C18H24N2O+2. The maximum Gasteiger partial charge on any atom is 0.157 e. The molecule has 0 aliphatic carbocycles. The van der Waals surface area contributed by atoms with Crippen LogP contribution >= 0.6 is 0 Å². The van der Waals surface area contributed by atoms with Gasteiger partial charge in [-0.1, -0.05) is 36.4 Å². The number of rotatable bonds is 5.